The van der Waals surface area contributed by atoms with Gasteiger partial charge in [-0.3, -0.25) is 8.37 Å². The van der Waals surface area contributed by atoms with E-state index in [0.29, 0.717) is 25.7 Å². The summed E-state index contributed by atoms with van der Waals surface area (Å²) in [7, 11) is -8.15. The van der Waals surface area contributed by atoms with E-state index in [1.807, 2.05) is 0 Å². The topological polar surface area (TPSA) is 86.7 Å². The average molecular weight is 312 g/mol. The molecule has 0 saturated heterocycles. The van der Waals surface area contributed by atoms with Crippen LogP contribution in [0.4, 0.5) is 0 Å². The fourth-order valence-electron chi connectivity index (χ4n) is 2.62. The monoisotopic (exact) mass is 312 g/mol. The highest BCUT2D eigenvalue weighted by atomic mass is 32.3. The quantitative estimate of drug-likeness (QED) is 0.691. The van der Waals surface area contributed by atoms with Crippen LogP contribution in [0.2, 0.25) is 0 Å². The molecule has 0 aromatic carbocycles. The maximum absolute atomic E-state index is 11.7. The first kappa shape index (κ1) is 15.2. The van der Waals surface area contributed by atoms with Crippen molar-refractivity contribution in [2.24, 2.45) is 0 Å². The Morgan fingerprint density at radius 2 is 1.00 bits per heavy atom. The third-order valence-electron chi connectivity index (χ3n) is 3.46. The molecule has 2 aliphatic rings. The average Bonchev–Trinajstić information content (AvgIpc) is 2.87. The predicted octanol–water partition coefficient (Wildman–Crippen LogP) is 1.52. The Labute approximate surface area is 114 Å². The molecule has 0 unspecified atom stereocenters. The zero-order valence-electron chi connectivity index (χ0n) is 10.8. The predicted molar refractivity (Wildman–Crippen MR) is 69.4 cm³/mol. The van der Waals surface area contributed by atoms with E-state index in [9.17, 15) is 16.8 Å². The molecule has 2 rings (SSSR count). The van der Waals surface area contributed by atoms with Crippen molar-refractivity contribution in [1.82, 2.24) is 0 Å². The molecule has 2 aliphatic carbocycles. The lowest BCUT2D eigenvalue weighted by Gasteiger charge is -2.13. The van der Waals surface area contributed by atoms with Crippen LogP contribution < -0.4 is 0 Å². The fourth-order valence-corrected chi connectivity index (χ4v) is 5.69. The summed E-state index contributed by atoms with van der Waals surface area (Å²) in [6.07, 6.45) is 5.63. The van der Waals surface area contributed by atoms with Gasteiger partial charge in [0.25, 0.3) is 20.2 Å². The first-order chi connectivity index (χ1) is 8.86. The van der Waals surface area contributed by atoms with Gasteiger partial charge in [0.15, 0.2) is 0 Å². The summed E-state index contributed by atoms with van der Waals surface area (Å²) in [5, 5.41) is -1.08. The summed E-state index contributed by atoms with van der Waals surface area (Å²) in [5.41, 5.74) is 0. The molecule has 0 spiro atoms. The zero-order chi connectivity index (χ0) is 13.9. The van der Waals surface area contributed by atoms with Crippen LogP contribution in [-0.4, -0.2) is 34.1 Å². The molecule has 8 heteroatoms. The summed E-state index contributed by atoms with van der Waals surface area (Å²) in [6.45, 7) is 0. The molecule has 0 aliphatic heterocycles. The number of hydrogen-bond acceptors (Lipinski definition) is 6. The van der Waals surface area contributed by atoms with Gasteiger partial charge in [0.05, 0.1) is 12.2 Å². The van der Waals surface area contributed by atoms with Gasteiger partial charge in [-0.1, -0.05) is 25.7 Å². The van der Waals surface area contributed by atoms with E-state index in [4.69, 9.17) is 8.37 Å². The van der Waals surface area contributed by atoms with Gasteiger partial charge < -0.3 is 0 Å². The van der Waals surface area contributed by atoms with E-state index in [-0.39, 0.29) is 12.2 Å². The Kier molecular flexibility index (Phi) is 4.86. The van der Waals surface area contributed by atoms with Crippen molar-refractivity contribution in [2.75, 3.05) is 5.08 Å². The summed E-state index contributed by atoms with van der Waals surface area (Å²) in [5.74, 6) is 0. The number of hydrogen-bond donors (Lipinski definition) is 0. The highest BCUT2D eigenvalue weighted by Gasteiger charge is 2.31. The van der Waals surface area contributed by atoms with E-state index < -0.39 is 25.3 Å². The first-order valence-corrected chi connectivity index (χ1v) is 9.84. The van der Waals surface area contributed by atoms with Crippen LogP contribution in [0.1, 0.15) is 51.4 Å². The van der Waals surface area contributed by atoms with Crippen LogP contribution in [0, 0.1) is 0 Å². The van der Waals surface area contributed by atoms with Crippen molar-refractivity contribution in [2.45, 2.75) is 63.6 Å². The van der Waals surface area contributed by atoms with Crippen LogP contribution in [0.5, 0.6) is 0 Å². The standard InChI is InChI=1S/C11H20O6S2/c12-18(13,16-10-5-1-2-6-10)9-19(14,15)17-11-7-3-4-8-11/h10-11H,1-9H2. The van der Waals surface area contributed by atoms with E-state index in [2.05, 4.69) is 0 Å². The van der Waals surface area contributed by atoms with E-state index in [1.165, 1.54) is 0 Å². The lowest BCUT2D eigenvalue weighted by atomic mass is 10.3. The van der Waals surface area contributed by atoms with Gasteiger partial charge >= 0.3 is 0 Å². The van der Waals surface area contributed by atoms with E-state index in [1.54, 1.807) is 0 Å². The van der Waals surface area contributed by atoms with Crippen molar-refractivity contribution < 1.29 is 25.2 Å². The van der Waals surface area contributed by atoms with Gasteiger partial charge in [0, 0.05) is 0 Å². The Hall–Kier alpha value is -0.180. The third kappa shape index (κ3) is 5.02. The molecule has 0 aromatic rings. The first-order valence-electron chi connectivity index (χ1n) is 6.68. The van der Waals surface area contributed by atoms with Gasteiger partial charge in [-0.2, -0.15) is 16.8 Å². The Morgan fingerprint density at radius 3 is 1.32 bits per heavy atom. The smallest absolute Gasteiger partial charge is 0.266 e. The van der Waals surface area contributed by atoms with Crippen molar-refractivity contribution in [3.63, 3.8) is 0 Å². The van der Waals surface area contributed by atoms with Crippen LogP contribution in [0.3, 0.4) is 0 Å². The highest BCUT2D eigenvalue weighted by Crippen LogP contribution is 2.25. The molecule has 0 N–H and O–H groups in total. The third-order valence-corrected chi connectivity index (χ3v) is 6.90. The van der Waals surface area contributed by atoms with E-state index in [0.717, 1.165) is 25.7 Å². The summed E-state index contributed by atoms with van der Waals surface area (Å²) >= 11 is 0. The lowest BCUT2D eigenvalue weighted by molar-refractivity contribution is 0.211. The van der Waals surface area contributed by atoms with Crippen LogP contribution in [-0.2, 0) is 28.6 Å². The second kappa shape index (κ2) is 6.07. The maximum Gasteiger partial charge on any atom is 0.284 e. The van der Waals surface area contributed by atoms with Crippen molar-refractivity contribution in [3.05, 3.63) is 0 Å². The molecular formula is C11H20O6S2. The highest BCUT2D eigenvalue weighted by molar-refractivity contribution is 8.03. The molecule has 19 heavy (non-hydrogen) atoms. The summed E-state index contributed by atoms with van der Waals surface area (Å²) in [4.78, 5) is 0. The normalized spacial score (nSPS) is 23.2. The minimum atomic E-state index is -4.08. The van der Waals surface area contributed by atoms with Gasteiger partial charge in [-0.25, -0.2) is 0 Å². The molecule has 0 heterocycles. The molecule has 0 radical (unpaired) electrons. The number of rotatable bonds is 6. The van der Waals surface area contributed by atoms with Crippen molar-refractivity contribution >= 4 is 20.2 Å². The van der Waals surface area contributed by atoms with Crippen LogP contribution >= 0.6 is 0 Å². The SMILES string of the molecule is O=S(=O)(CS(=O)(=O)OC1CCCC1)OC1CCCC1. The van der Waals surface area contributed by atoms with Gasteiger partial charge in [0.2, 0.25) is 5.08 Å². The van der Waals surface area contributed by atoms with Crippen molar-refractivity contribution in [3.8, 4) is 0 Å². The zero-order valence-corrected chi connectivity index (χ0v) is 12.4. The van der Waals surface area contributed by atoms with Gasteiger partial charge in [-0.05, 0) is 25.7 Å². The lowest BCUT2D eigenvalue weighted by Crippen LogP contribution is -2.26. The van der Waals surface area contributed by atoms with E-state index >= 15 is 0 Å². The minimum absolute atomic E-state index is 0.369. The minimum Gasteiger partial charge on any atom is -0.266 e. The fraction of sp³-hybridized carbons (Fsp3) is 1.00. The van der Waals surface area contributed by atoms with Crippen molar-refractivity contribution in [1.29, 1.82) is 0 Å². The Morgan fingerprint density at radius 1 is 0.684 bits per heavy atom. The van der Waals surface area contributed by atoms with Crippen LogP contribution in [0.15, 0.2) is 0 Å². The second-order valence-electron chi connectivity index (χ2n) is 5.24. The largest absolute Gasteiger partial charge is 0.284 e. The summed E-state index contributed by atoms with van der Waals surface area (Å²) in [6, 6.07) is 0. The molecule has 112 valence electrons. The molecule has 2 saturated carbocycles. The molecular weight excluding hydrogens is 292 g/mol. The molecule has 0 amide bonds. The maximum atomic E-state index is 11.7. The van der Waals surface area contributed by atoms with Crippen LogP contribution in [0.25, 0.3) is 0 Å². The molecule has 2 fully saturated rings. The molecule has 0 bridgehead atoms. The second-order valence-corrected chi connectivity index (χ2v) is 8.80. The molecule has 0 aromatic heterocycles. The molecule has 0 atom stereocenters. The summed E-state index contributed by atoms with van der Waals surface area (Å²) < 4.78 is 56.6. The Balaban J connectivity index is 1.89. The van der Waals surface area contributed by atoms with Gasteiger partial charge in [0.1, 0.15) is 0 Å². The Bertz CT molecular complexity index is 437. The van der Waals surface area contributed by atoms with Gasteiger partial charge in [-0.15, -0.1) is 0 Å². The molecule has 6 nitrogen and oxygen atoms in total.